The molecule has 1 aliphatic rings. The Balaban J connectivity index is 1.84. The number of nitro groups is 1. The third kappa shape index (κ3) is 3.39. The molecule has 17 heavy (non-hydrogen) atoms. The lowest BCUT2D eigenvalue weighted by atomic mass is 10.0. The summed E-state index contributed by atoms with van der Waals surface area (Å²) in [7, 11) is 0. The summed E-state index contributed by atoms with van der Waals surface area (Å²) in [6.45, 7) is 2.43. The van der Waals surface area contributed by atoms with Gasteiger partial charge >= 0.3 is 0 Å². The van der Waals surface area contributed by atoms with Crippen LogP contribution in [0.5, 0.6) is 0 Å². The van der Waals surface area contributed by atoms with Crippen molar-refractivity contribution >= 4 is 11.5 Å². The first kappa shape index (κ1) is 11.8. The molecule has 1 aromatic heterocycles. The van der Waals surface area contributed by atoms with Crippen LogP contribution in [0.1, 0.15) is 12.8 Å². The Labute approximate surface area is 99.2 Å². The zero-order valence-corrected chi connectivity index (χ0v) is 9.46. The Kier molecular flexibility index (Phi) is 3.87. The molecule has 2 heterocycles. The van der Waals surface area contributed by atoms with E-state index in [2.05, 4.69) is 10.3 Å². The molecular weight excluding hydrogens is 222 g/mol. The first-order chi connectivity index (χ1) is 8.25. The van der Waals surface area contributed by atoms with Crippen molar-refractivity contribution in [3.05, 3.63) is 28.4 Å². The van der Waals surface area contributed by atoms with Crippen molar-refractivity contribution in [2.45, 2.75) is 12.8 Å². The standard InChI is InChI=1S/C11H15N3O3/c15-14(16)10-3-4-11(13-7-10)12-6-9-2-1-5-17-8-9/h3-4,7,9H,1-2,5-6,8H2,(H,12,13). The fourth-order valence-electron chi connectivity index (χ4n) is 1.82. The van der Waals surface area contributed by atoms with Crippen molar-refractivity contribution in [2.75, 3.05) is 25.1 Å². The van der Waals surface area contributed by atoms with Crippen LogP contribution in [0.15, 0.2) is 18.3 Å². The van der Waals surface area contributed by atoms with Gasteiger partial charge in [0.25, 0.3) is 5.69 Å². The summed E-state index contributed by atoms with van der Waals surface area (Å²) in [5.41, 5.74) is 0.0107. The highest BCUT2D eigenvalue weighted by molar-refractivity contribution is 5.40. The number of aromatic nitrogens is 1. The van der Waals surface area contributed by atoms with Gasteiger partial charge < -0.3 is 10.1 Å². The maximum absolute atomic E-state index is 10.4. The van der Waals surface area contributed by atoms with Gasteiger partial charge in [-0.3, -0.25) is 10.1 Å². The van der Waals surface area contributed by atoms with E-state index >= 15 is 0 Å². The molecule has 0 amide bonds. The van der Waals surface area contributed by atoms with E-state index in [0.717, 1.165) is 32.6 Å². The molecule has 1 fully saturated rings. The van der Waals surface area contributed by atoms with Crippen LogP contribution in [0.4, 0.5) is 11.5 Å². The van der Waals surface area contributed by atoms with E-state index in [4.69, 9.17) is 4.74 Å². The molecule has 1 N–H and O–H groups in total. The smallest absolute Gasteiger partial charge is 0.287 e. The molecule has 1 unspecified atom stereocenters. The monoisotopic (exact) mass is 237 g/mol. The maximum Gasteiger partial charge on any atom is 0.287 e. The van der Waals surface area contributed by atoms with Gasteiger partial charge in [0, 0.05) is 19.2 Å². The molecule has 6 heteroatoms. The first-order valence-electron chi connectivity index (χ1n) is 5.68. The normalized spacial score (nSPS) is 19.9. The minimum absolute atomic E-state index is 0.0107. The largest absolute Gasteiger partial charge is 0.381 e. The molecule has 1 aromatic rings. The highest BCUT2D eigenvalue weighted by Gasteiger charge is 2.13. The lowest BCUT2D eigenvalue weighted by molar-refractivity contribution is -0.385. The van der Waals surface area contributed by atoms with Crippen LogP contribution >= 0.6 is 0 Å². The number of hydrogen-bond acceptors (Lipinski definition) is 5. The molecule has 0 aliphatic carbocycles. The van der Waals surface area contributed by atoms with Gasteiger partial charge in [0.2, 0.25) is 0 Å². The van der Waals surface area contributed by atoms with E-state index in [-0.39, 0.29) is 5.69 Å². The Morgan fingerprint density at radius 1 is 1.59 bits per heavy atom. The van der Waals surface area contributed by atoms with Gasteiger partial charge in [-0.05, 0) is 24.8 Å². The Hall–Kier alpha value is -1.69. The number of pyridine rings is 1. The Bertz CT molecular complexity index is 374. The van der Waals surface area contributed by atoms with Crippen molar-refractivity contribution in [2.24, 2.45) is 5.92 Å². The van der Waals surface area contributed by atoms with Gasteiger partial charge in [-0.2, -0.15) is 0 Å². The summed E-state index contributed by atoms with van der Waals surface area (Å²) < 4.78 is 5.37. The van der Waals surface area contributed by atoms with Crippen LogP contribution in [0.2, 0.25) is 0 Å². The van der Waals surface area contributed by atoms with E-state index < -0.39 is 4.92 Å². The summed E-state index contributed by atoms with van der Waals surface area (Å²) in [5, 5.41) is 13.6. The zero-order chi connectivity index (χ0) is 12.1. The number of hydrogen-bond donors (Lipinski definition) is 1. The summed E-state index contributed by atoms with van der Waals surface area (Å²) in [6, 6.07) is 3.08. The highest BCUT2D eigenvalue weighted by Crippen LogP contribution is 2.15. The molecule has 1 aliphatic heterocycles. The third-order valence-electron chi connectivity index (χ3n) is 2.79. The van der Waals surface area contributed by atoms with Crippen molar-refractivity contribution in [1.82, 2.24) is 4.98 Å². The molecule has 0 radical (unpaired) electrons. The van der Waals surface area contributed by atoms with Crippen LogP contribution in [-0.2, 0) is 4.74 Å². The third-order valence-corrected chi connectivity index (χ3v) is 2.79. The summed E-state index contributed by atoms with van der Waals surface area (Å²) in [4.78, 5) is 14.0. The summed E-state index contributed by atoms with van der Waals surface area (Å²) in [6.07, 6.45) is 3.51. The van der Waals surface area contributed by atoms with Crippen molar-refractivity contribution < 1.29 is 9.66 Å². The van der Waals surface area contributed by atoms with E-state index in [9.17, 15) is 10.1 Å². The molecule has 0 aromatic carbocycles. The molecule has 0 saturated carbocycles. The number of rotatable bonds is 4. The van der Waals surface area contributed by atoms with Crippen LogP contribution in [0.25, 0.3) is 0 Å². The van der Waals surface area contributed by atoms with E-state index in [0.29, 0.717) is 11.7 Å². The van der Waals surface area contributed by atoms with Gasteiger partial charge in [0.15, 0.2) is 0 Å². The van der Waals surface area contributed by atoms with Gasteiger partial charge in [-0.25, -0.2) is 4.98 Å². The number of nitrogens with one attached hydrogen (secondary N) is 1. The minimum atomic E-state index is -0.453. The second-order valence-electron chi connectivity index (χ2n) is 4.12. The molecule has 6 nitrogen and oxygen atoms in total. The fraction of sp³-hybridized carbons (Fsp3) is 0.545. The Morgan fingerprint density at radius 3 is 3.06 bits per heavy atom. The maximum atomic E-state index is 10.4. The van der Waals surface area contributed by atoms with Gasteiger partial charge in [-0.15, -0.1) is 0 Å². The minimum Gasteiger partial charge on any atom is -0.381 e. The zero-order valence-electron chi connectivity index (χ0n) is 9.46. The van der Waals surface area contributed by atoms with E-state index in [1.54, 1.807) is 6.07 Å². The molecule has 0 spiro atoms. The lowest BCUT2D eigenvalue weighted by Gasteiger charge is -2.22. The van der Waals surface area contributed by atoms with Crippen LogP contribution < -0.4 is 5.32 Å². The van der Waals surface area contributed by atoms with Crippen LogP contribution in [0, 0.1) is 16.0 Å². The molecular formula is C11H15N3O3. The number of anilines is 1. The van der Waals surface area contributed by atoms with Crippen molar-refractivity contribution in [3.8, 4) is 0 Å². The molecule has 1 atom stereocenters. The van der Waals surface area contributed by atoms with Crippen molar-refractivity contribution in [1.29, 1.82) is 0 Å². The second kappa shape index (κ2) is 5.58. The van der Waals surface area contributed by atoms with Crippen molar-refractivity contribution in [3.63, 3.8) is 0 Å². The SMILES string of the molecule is O=[N+]([O-])c1ccc(NCC2CCCOC2)nc1. The van der Waals surface area contributed by atoms with E-state index in [1.165, 1.54) is 12.3 Å². The fourth-order valence-corrected chi connectivity index (χ4v) is 1.82. The Morgan fingerprint density at radius 2 is 2.47 bits per heavy atom. The summed E-state index contributed by atoms with van der Waals surface area (Å²) >= 11 is 0. The molecule has 0 bridgehead atoms. The van der Waals surface area contributed by atoms with Gasteiger partial charge in [-0.1, -0.05) is 0 Å². The van der Waals surface area contributed by atoms with Gasteiger partial charge in [0.05, 0.1) is 11.5 Å². The van der Waals surface area contributed by atoms with Gasteiger partial charge in [0.1, 0.15) is 12.0 Å². The molecule has 1 saturated heterocycles. The number of nitrogens with zero attached hydrogens (tertiary/aromatic N) is 2. The average Bonchev–Trinajstić information content (AvgIpc) is 2.38. The lowest BCUT2D eigenvalue weighted by Crippen LogP contribution is -2.24. The predicted molar refractivity (Wildman–Crippen MR) is 62.9 cm³/mol. The number of ether oxygens (including phenoxy) is 1. The quantitative estimate of drug-likeness (QED) is 0.638. The second-order valence-corrected chi connectivity index (χ2v) is 4.12. The first-order valence-corrected chi connectivity index (χ1v) is 5.68. The topological polar surface area (TPSA) is 77.3 Å². The summed E-state index contributed by atoms with van der Waals surface area (Å²) in [5.74, 6) is 1.17. The molecule has 2 rings (SSSR count). The average molecular weight is 237 g/mol. The van der Waals surface area contributed by atoms with Crippen LogP contribution in [-0.4, -0.2) is 29.7 Å². The van der Waals surface area contributed by atoms with Crippen LogP contribution in [0.3, 0.4) is 0 Å². The highest BCUT2D eigenvalue weighted by atomic mass is 16.6. The molecule has 92 valence electrons. The predicted octanol–water partition coefficient (Wildman–Crippen LogP) is 1.83. The van der Waals surface area contributed by atoms with E-state index in [1.807, 2.05) is 0 Å².